The third-order valence-electron chi connectivity index (χ3n) is 4.99. The third kappa shape index (κ3) is 3.55. The van der Waals surface area contributed by atoms with Gasteiger partial charge in [-0.3, -0.25) is 19.8 Å². The molecule has 0 bridgehead atoms. The van der Waals surface area contributed by atoms with E-state index in [9.17, 15) is 20.2 Å². The number of hydrogen-bond donors (Lipinski definition) is 0. The summed E-state index contributed by atoms with van der Waals surface area (Å²) in [4.78, 5) is 27.5. The number of anilines is 1. The highest BCUT2D eigenvalue weighted by Gasteiger charge is 2.40. The SMILES string of the molecule is N#CC1=C2SCN(c3ccc(Cl)cc3)CN2C(=O)C[C@H]1c1ccccc1[N+](=O)[O-]. The van der Waals surface area contributed by atoms with Crippen molar-refractivity contribution >= 4 is 40.6 Å². The van der Waals surface area contributed by atoms with Gasteiger partial charge in [0, 0.05) is 34.7 Å². The quantitative estimate of drug-likeness (QED) is 0.531. The number of benzene rings is 2. The zero-order valence-electron chi connectivity index (χ0n) is 15.1. The van der Waals surface area contributed by atoms with Crippen molar-refractivity contribution in [3.8, 4) is 6.07 Å². The second-order valence-electron chi connectivity index (χ2n) is 6.66. The van der Waals surface area contributed by atoms with E-state index in [2.05, 4.69) is 6.07 Å². The topological polar surface area (TPSA) is 90.5 Å². The molecule has 0 aliphatic carbocycles. The zero-order valence-corrected chi connectivity index (χ0v) is 16.7. The number of hydrogen-bond acceptors (Lipinski definition) is 6. The van der Waals surface area contributed by atoms with Crippen LogP contribution in [-0.2, 0) is 4.79 Å². The van der Waals surface area contributed by atoms with Crippen molar-refractivity contribution in [1.82, 2.24) is 4.90 Å². The van der Waals surface area contributed by atoms with Crippen molar-refractivity contribution in [1.29, 1.82) is 5.26 Å². The van der Waals surface area contributed by atoms with E-state index in [1.165, 1.54) is 17.8 Å². The van der Waals surface area contributed by atoms with Crippen LogP contribution in [0.1, 0.15) is 17.9 Å². The van der Waals surface area contributed by atoms with Crippen molar-refractivity contribution in [2.24, 2.45) is 0 Å². The van der Waals surface area contributed by atoms with E-state index in [1.54, 1.807) is 35.2 Å². The Balaban J connectivity index is 1.70. The van der Waals surface area contributed by atoms with E-state index in [4.69, 9.17) is 11.6 Å². The van der Waals surface area contributed by atoms with E-state index < -0.39 is 10.8 Å². The van der Waals surface area contributed by atoms with Crippen LogP contribution in [0.25, 0.3) is 0 Å². The molecule has 0 aromatic heterocycles. The maximum atomic E-state index is 12.9. The molecule has 2 aromatic rings. The van der Waals surface area contributed by atoms with Crippen molar-refractivity contribution in [3.05, 3.63) is 79.8 Å². The molecule has 0 spiro atoms. The number of rotatable bonds is 3. The summed E-state index contributed by atoms with van der Waals surface area (Å²) >= 11 is 7.34. The number of nitrogens with zero attached hydrogens (tertiary/aromatic N) is 4. The Labute approximate surface area is 176 Å². The van der Waals surface area contributed by atoms with Gasteiger partial charge in [-0.1, -0.05) is 41.6 Å². The molecule has 0 radical (unpaired) electrons. The number of amides is 1. The average Bonchev–Trinajstić information content (AvgIpc) is 2.74. The van der Waals surface area contributed by atoms with Crippen LogP contribution in [0.3, 0.4) is 0 Å². The summed E-state index contributed by atoms with van der Waals surface area (Å²) in [5.74, 6) is -0.224. The van der Waals surface area contributed by atoms with Gasteiger partial charge in [0.2, 0.25) is 5.91 Å². The number of nitro groups is 1. The number of allylic oxidation sites excluding steroid dienone is 1. The van der Waals surface area contributed by atoms with Gasteiger partial charge in [-0.15, -0.1) is 0 Å². The van der Waals surface area contributed by atoms with Gasteiger partial charge in [0.05, 0.1) is 34.1 Å². The van der Waals surface area contributed by atoms with Gasteiger partial charge in [-0.25, -0.2) is 0 Å². The van der Waals surface area contributed by atoms with Crippen molar-refractivity contribution in [2.45, 2.75) is 12.3 Å². The molecule has 0 N–H and O–H groups in total. The number of halogens is 1. The molecular weight excluding hydrogens is 412 g/mol. The lowest BCUT2D eigenvalue weighted by Gasteiger charge is -2.42. The number of nitriles is 1. The van der Waals surface area contributed by atoms with E-state index in [0.29, 0.717) is 33.7 Å². The second kappa shape index (κ2) is 7.78. The van der Waals surface area contributed by atoms with Crippen molar-refractivity contribution in [2.75, 3.05) is 17.4 Å². The Hall–Kier alpha value is -3.02. The Bertz CT molecular complexity index is 1060. The molecule has 1 atom stereocenters. The number of carbonyl (C=O) groups is 1. The van der Waals surface area contributed by atoms with Crippen LogP contribution in [0.4, 0.5) is 11.4 Å². The summed E-state index contributed by atoms with van der Waals surface area (Å²) in [7, 11) is 0. The van der Waals surface area contributed by atoms with Gasteiger partial charge in [0.1, 0.15) is 0 Å². The van der Waals surface area contributed by atoms with Gasteiger partial charge in [0.25, 0.3) is 5.69 Å². The summed E-state index contributed by atoms with van der Waals surface area (Å²) in [5.41, 5.74) is 1.65. The first kappa shape index (κ1) is 19.3. The Morgan fingerprint density at radius 2 is 1.93 bits per heavy atom. The first-order chi connectivity index (χ1) is 14.0. The van der Waals surface area contributed by atoms with Gasteiger partial charge < -0.3 is 4.90 Å². The van der Waals surface area contributed by atoms with Gasteiger partial charge >= 0.3 is 0 Å². The fourth-order valence-electron chi connectivity index (χ4n) is 3.59. The average molecular weight is 427 g/mol. The first-order valence-corrected chi connectivity index (χ1v) is 10.2. The summed E-state index contributed by atoms with van der Waals surface area (Å²) in [6, 6.07) is 15.8. The predicted molar refractivity (Wildman–Crippen MR) is 111 cm³/mol. The minimum atomic E-state index is -0.616. The van der Waals surface area contributed by atoms with E-state index in [-0.39, 0.29) is 18.0 Å². The number of para-hydroxylation sites is 1. The maximum absolute atomic E-state index is 12.9. The minimum Gasteiger partial charge on any atom is -0.344 e. The zero-order chi connectivity index (χ0) is 20.5. The summed E-state index contributed by atoms with van der Waals surface area (Å²) < 4.78 is 0. The molecule has 146 valence electrons. The molecule has 4 rings (SSSR count). The summed E-state index contributed by atoms with van der Waals surface area (Å²) in [5, 5.41) is 22.5. The van der Waals surface area contributed by atoms with E-state index in [1.807, 2.05) is 17.0 Å². The largest absolute Gasteiger partial charge is 0.344 e. The Morgan fingerprint density at radius 3 is 2.62 bits per heavy atom. The monoisotopic (exact) mass is 426 g/mol. The Morgan fingerprint density at radius 1 is 1.21 bits per heavy atom. The molecule has 0 unspecified atom stereocenters. The smallest absolute Gasteiger partial charge is 0.273 e. The molecule has 9 heteroatoms. The minimum absolute atomic E-state index is 0.0201. The molecule has 7 nitrogen and oxygen atoms in total. The normalized spacial score (nSPS) is 19.0. The van der Waals surface area contributed by atoms with Gasteiger partial charge in [-0.2, -0.15) is 5.26 Å². The highest BCUT2D eigenvalue weighted by atomic mass is 35.5. The fourth-order valence-corrected chi connectivity index (χ4v) is 4.89. The highest BCUT2D eigenvalue weighted by Crippen LogP contribution is 2.45. The van der Waals surface area contributed by atoms with Crippen molar-refractivity contribution in [3.63, 3.8) is 0 Å². The predicted octanol–water partition coefficient (Wildman–Crippen LogP) is 4.47. The lowest BCUT2D eigenvalue weighted by Crippen LogP contribution is -2.47. The molecule has 2 heterocycles. The maximum Gasteiger partial charge on any atom is 0.273 e. The number of fused-ring (bicyclic) bond motifs is 1. The van der Waals surface area contributed by atoms with Gasteiger partial charge in [0.15, 0.2) is 0 Å². The van der Waals surface area contributed by atoms with E-state index >= 15 is 0 Å². The lowest BCUT2D eigenvalue weighted by molar-refractivity contribution is -0.385. The standard InChI is InChI=1S/C20H15ClN4O3S/c21-13-5-7-14(8-6-13)23-11-24-19(26)9-16(17(10-22)20(24)29-12-23)15-3-1-2-4-18(15)25(27)28/h1-8,16H,9,11-12H2/t16-/m0/s1. The molecule has 1 saturated heterocycles. The molecule has 29 heavy (non-hydrogen) atoms. The van der Waals surface area contributed by atoms with Gasteiger partial charge in [-0.05, 0) is 24.3 Å². The molecule has 2 aliphatic heterocycles. The first-order valence-electron chi connectivity index (χ1n) is 8.81. The molecule has 2 aliphatic rings. The lowest BCUT2D eigenvalue weighted by atomic mass is 9.85. The number of thioether (sulfide) groups is 1. The van der Waals surface area contributed by atoms with Crippen LogP contribution in [0.5, 0.6) is 0 Å². The summed E-state index contributed by atoms with van der Waals surface area (Å²) in [6.45, 7) is 0.317. The van der Waals surface area contributed by atoms with E-state index in [0.717, 1.165) is 5.69 Å². The fraction of sp³-hybridized carbons (Fsp3) is 0.200. The highest BCUT2D eigenvalue weighted by molar-refractivity contribution is 8.03. The molecular formula is C20H15ClN4O3S. The van der Waals surface area contributed by atoms with Crippen LogP contribution in [-0.4, -0.2) is 28.3 Å². The molecule has 1 fully saturated rings. The van der Waals surface area contributed by atoms with Crippen LogP contribution in [0.15, 0.2) is 59.1 Å². The third-order valence-corrected chi connectivity index (χ3v) is 6.40. The molecule has 2 aromatic carbocycles. The second-order valence-corrected chi connectivity index (χ2v) is 8.03. The van der Waals surface area contributed by atoms with Crippen molar-refractivity contribution < 1.29 is 9.72 Å². The number of nitro benzene ring substituents is 1. The van der Waals surface area contributed by atoms with Crippen LogP contribution in [0, 0.1) is 21.4 Å². The van der Waals surface area contributed by atoms with Crippen LogP contribution in [0.2, 0.25) is 5.02 Å². The molecule has 1 amide bonds. The number of carbonyl (C=O) groups excluding carboxylic acids is 1. The Kier molecular flexibility index (Phi) is 5.18. The summed E-state index contributed by atoms with van der Waals surface area (Å²) in [6.07, 6.45) is 0.0201. The van der Waals surface area contributed by atoms with Crippen LogP contribution >= 0.6 is 23.4 Å². The van der Waals surface area contributed by atoms with Crippen LogP contribution < -0.4 is 4.90 Å². The molecule has 0 saturated carbocycles.